The Labute approximate surface area is 190 Å². The molecule has 1 spiro atoms. The molecule has 1 N–H and O–H groups in total. The molecule has 2 unspecified atom stereocenters. The highest BCUT2D eigenvalue weighted by Crippen LogP contribution is 2.59. The molecule has 0 radical (unpaired) electrons. The van der Waals surface area contributed by atoms with Crippen LogP contribution in [0.1, 0.15) is 47.0 Å². The zero-order valence-corrected chi connectivity index (χ0v) is 19.6. The summed E-state index contributed by atoms with van der Waals surface area (Å²) in [4.78, 5) is 43.7. The number of carbonyl (C=O) groups excluding carboxylic acids is 3. The Balaban J connectivity index is 2.03. The maximum Gasteiger partial charge on any atom is 0.312 e. The molecule has 0 aliphatic carbocycles. The van der Waals surface area contributed by atoms with Crippen molar-refractivity contribution < 1.29 is 29.0 Å². The highest BCUT2D eigenvalue weighted by Gasteiger charge is 2.75. The lowest BCUT2D eigenvalue weighted by molar-refractivity contribution is -0.157. The predicted octanol–water partition coefficient (Wildman–Crippen LogP) is 1.67. The Hall–Kier alpha value is -2.19. The number of fused-ring (bicyclic) bond motifs is 1. The lowest BCUT2D eigenvalue weighted by atomic mass is 9.70. The molecule has 3 rings (SSSR count). The molecule has 32 heavy (non-hydrogen) atoms. The van der Waals surface area contributed by atoms with Crippen molar-refractivity contribution in [2.24, 2.45) is 11.8 Å². The first-order chi connectivity index (χ1) is 15.0. The van der Waals surface area contributed by atoms with E-state index in [1.807, 2.05) is 20.8 Å². The summed E-state index contributed by atoms with van der Waals surface area (Å²) in [6, 6.07) is -1.51. The Bertz CT molecular complexity index is 790. The fourth-order valence-electron chi connectivity index (χ4n) is 5.51. The number of ether oxygens (including phenoxy) is 2. The van der Waals surface area contributed by atoms with Crippen LogP contribution < -0.4 is 0 Å². The van der Waals surface area contributed by atoms with E-state index in [4.69, 9.17) is 9.47 Å². The van der Waals surface area contributed by atoms with E-state index in [-0.39, 0.29) is 25.0 Å². The number of rotatable bonds is 9. The maximum atomic E-state index is 14.0. The second-order valence-electron chi connectivity index (χ2n) is 9.99. The minimum Gasteiger partial charge on any atom is -0.465 e. The number of nitrogens with zero attached hydrogens (tertiary/aromatic N) is 2. The summed E-state index contributed by atoms with van der Waals surface area (Å²) < 4.78 is 11.8. The molecule has 3 heterocycles. The number of aliphatic hydroxyl groups is 1. The Morgan fingerprint density at radius 2 is 2.06 bits per heavy atom. The van der Waals surface area contributed by atoms with Gasteiger partial charge in [-0.05, 0) is 47.0 Å². The van der Waals surface area contributed by atoms with Gasteiger partial charge in [-0.1, -0.05) is 12.2 Å². The first kappa shape index (κ1) is 24.5. The molecule has 0 saturated carbocycles. The Morgan fingerprint density at radius 3 is 2.62 bits per heavy atom. The van der Waals surface area contributed by atoms with Gasteiger partial charge in [-0.3, -0.25) is 14.4 Å². The van der Waals surface area contributed by atoms with Crippen LogP contribution in [0, 0.1) is 11.8 Å². The first-order valence-electron chi connectivity index (χ1n) is 11.4. The van der Waals surface area contributed by atoms with Crippen molar-refractivity contribution in [2.45, 2.75) is 76.3 Å². The van der Waals surface area contributed by atoms with Gasteiger partial charge in [-0.2, -0.15) is 0 Å². The molecule has 3 fully saturated rings. The predicted molar refractivity (Wildman–Crippen MR) is 118 cm³/mol. The average Bonchev–Trinajstić information content (AvgIpc) is 3.37. The van der Waals surface area contributed by atoms with Crippen molar-refractivity contribution in [1.29, 1.82) is 0 Å². The standard InChI is InChI=1S/C24H36N2O6/c1-7-9-13-31-22(30)17-16-10-11-24(32-16)18(17)20(28)26(15(3)14-27)19(24)21(29)25(12-8-2)23(4,5)6/h7-8,15-19,27H,1-2,9-14H2,3-6H3/t15-,16+,17-,18+,19?,24?/m1/s1. The third-order valence-corrected chi connectivity index (χ3v) is 6.94. The van der Waals surface area contributed by atoms with E-state index in [1.165, 1.54) is 4.90 Å². The molecule has 0 aromatic heterocycles. The monoisotopic (exact) mass is 448 g/mol. The number of likely N-dealkylation sites (tertiary alicyclic amines) is 1. The van der Waals surface area contributed by atoms with Gasteiger partial charge in [0.2, 0.25) is 11.8 Å². The number of hydrogen-bond donors (Lipinski definition) is 1. The molecule has 2 bridgehead atoms. The Kier molecular flexibility index (Phi) is 6.86. The van der Waals surface area contributed by atoms with Gasteiger partial charge >= 0.3 is 5.97 Å². The summed E-state index contributed by atoms with van der Waals surface area (Å²) in [6.07, 6.45) is 4.46. The highest BCUT2D eigenvalue weighted by atomic mass is 16.6. The van der Waals surface area contributed by atoms with Gasteiger partial charge in [0, 0.05) is 12.1 Å². The lowest BCUT2D eigenvalue weighted by Crippen LogP contribution is -2.61. The van der Waals surface area contributed by atoms with Crippen molar-refractivity contribution in [3.63, 3.8) is 0 Å². The smallest absolute Gasteiger partial charge is 0.312 e. The van der Waals surface area contributed by atoms with Crippen LogP contribution in [0.25, 0.3) is 0 Å². The lowest BCUT2D eigenvalue weighted by Gasteiger charge is -2.43. The van der Waals surface area contributed by atoms with Gasteiger partial charge in [0.25, 0.3) is 0 Å². The minimum atomic E-state index is -1.10. The molecule has 6 atom stereocenters. The molecule has 0 aromatic carbocycles. The summed E-state index contributed by atoms with van der Waals surface area (Å²) in [5.74, 6) is -2.61. The van der Waals surface area contributed by atoms with E-state index >= 15 is 0 Å². The van der Waals surface area contributed by atoms with E-state index in [9.17, 15) is 19.5 Å². The van der Waals surface area contributed by atoms with Gasteiger partial charge in [0.1, 0.15) is 11.6 Å². The van der Waals surface area contributed by atoms with E-state index in [2.05, 4.69) is 13.2 Å². The number of carbonyl (C=O) groups is 3. The normalized spacial score (nSPS) is 31.9. The molecule has 3 aliphatic rings. The van der Waals surface area contributed by atoms with E-state index in [1.54, 1.807) is 24.0 Å². The van der Waals surface area contributed by atoms with Gasteiger partial charge < -0.3 is 24.4 Å². The highest BCUT2D eigenvalue weighted by molar-refractivity contribution is 5.98. The molecular weight excluding hydrogens is 412 g/mol. The molecule has 0 aromatic rings. The molecule has 178 valence electrons. The van der Waals surface area contributed by atoms with Crippen LogP contribution >= 0.6 is 0 Å². The van der Waals surface area contributed by atoms with Crippen LogP contribution in [0.3, 0.4) is 0 Å². The fraction of sp³-hybridized carbons (Fsp3) is 0.708. The van der Waals surface area contributed by atoms with E-state index in [0.717, 1.165) is 0 Å². The summed E-state index contributed by atoms with van der Waals surface area (Å²) in [7, 11) is 0. The van der Waals surface area contributed by atoms with Crippen LogP contribution in [-0.2, 0) is 23.9 Å². The van der Waals surface area contributed by atoms with Crippen molar-refractivity contribution in [3.05, 3.63) is 25.3 Å². The van der Waals surface area contributed by atoms with Crippen LogP contribution in [0.2, 0.25) is 0 Å². The molecule has 3 saturated heterocycles. The largest absolute Gasteiger partial charge is 0.465 e. The number of esters is 1. The topological polar surface area (TPSA) is 96.4 Å². The molecule has 2 amide bonds. The van der Waals surface area contributed by atoms with Gasteiger partial charge in [-0.25, -0.2) is 0 Å². The van der Waals surface area contributed by atoms with Gasteiger partial charge in [-0.15, -0.1) is 13.2 Å². The van der Waals surface area contributed by atoms with Crippen molar-refractivity contribution in [3.8, 4) is 0 Å². The van der Waals surface area contributed by atoms with Crippen molar-refractivity contribution in [2.75, 3.05) is 19.8 Å². The zero-order chi connectivity index (χ0) is 23.8. The quantitative estimate of drug-likeness (QED) is 0.328. The number of hydrogen-bond acceptors (Lipinski definition) is 6. The van der Waals surface area contributed by atoms with Crippen molar-refractivity contribution in [1.82, 2.24) is 9.80 Å². The SMILES string of the molecule is C=CCCOC(=O)[C@@H]1[C@@H]2CCC3(O2)C(C(=O)N(CC=C)C(C)(C)C)N([C@H](C)CO)C(=O)[C@H]13. The van der Waals surface area contributed by atoms with E-state index in [0.29, 0.717) is 25.8 Å². The minimum absolute atomic E-state index is 0.190. The summed E-state index contributed by atoms with van der Waals surface area (Å²) >= 11 is 0. The van der Waals surface area contributed by atoms with Crippen LogP contribution in [0.5, 0.6) is 0 Å². The van der Waals surface area contributed by atoms with Gasteiger partial charge in [0.05, 0.1) is 37.2 Å². The van der Waals surface area contributed by atoms with Crippen LogP contribution in [0.15, 0.2) is 25.3 Å². The Morgan fingerprint density at radius 1 is 1.38 bits per heavy atom. The first-order valence-corrected chi connectivity index (χ1v) is 11.4. The third-order valence-electron chi connectivity index (χ3n) is 6.94. The zero-order valence-electron chi connectivity index (χ0n) is 19.6. The second-order valence-corrected chi connectivity index (χ2v) is 9.99. The summed E-state index contributed by atoms with van der Waals surface area (Å²) in [5, 5.41) is 9.89. The molecule has 8 nitrogen and oxygen atoms in total. The van der Waals surface area contributed by atoms with Crippen molar-refractivity contribution >= 4 is 17.8 Å². The second kappa shape index (κ2) is 8.98. The fourth-order valence-corrected chi connectivity index (χ4v) is 5.51. The number of aliphatic hydroxyl groups excluding tert-OH is 1. The molecule has 8 heteroatoms. The van der Waals surface area contributed by atoms with Crippen LogP contribution in [0.4, 0.5) is 0 Å². The molecule has 3 aliphatic heterocycles. The maximum absolute atomic E-state index is 14.0. The van der Waals surface area contributed by atoms with Crippen LogP contribution in [-0.4, -0.2) is 81.8 Å². The average molecular weight is 449 g/mol. The van der Waals surface area contributed by atoms with Gasteiger partial charge in [0.15, 0.2) is 0 Å². The third kappa shape index (κ3) is 3.77. The number of amides is 2. The summed E-state index contributed by atoms with van der Waals surface area (Å²) in [6.45, 7) is 15.1. The summed E-state index contributed by atoms with van der Waals surface area (Å²) in [5.41, 5.74) is -1.62. The molecular formula is C24H36N2O6. The van der Waals surface area contributed by atoms with E-state index < -0.39 is 47.1 Å².